The molecule has 1 N–H and O–H groups in total. The second kappa shape index (κ2) is 6.54. The molecule has 2 aromatic rings. The van der Waals surface area contributed by atoms with E-state index < -0.39 is 5.91 Å². The second-order valence-corrected chi connectivity index (χ2v) is 5.24. The van der Waals surface area contributed by atoms with Crippen molar-refractivity contribution in [2.45, 2.75) is 12.8 Å². The maximum Gasteiger partial charge on any atom is 0.264 e. The number of fused-ring (bicyclic) bond motifs is 1. The van der Waals surface area contributed by atoms with Gasteiger partial charge in [0.25, 0.3) is 5.91 Å². The molecule has 1 aromatic carbocycles. The first-order valence-electron chi connectivity index (χ1n) is 6.50. The van der Waals surface area contributed by atoms with Crippen molar-refractivity contribution in [1.82, 2.24) is 9.88 Å². The van der Waals surface area contributed by atoms with Gasteiger partial charge in [0, 0.05) is 35.6 Å². The van der Waals surface area contributed by atoms with E-state index in [2.05, 4.69) is 16.7 Å². The number of carbonyl (C=O) groups excluding carboxylic acids is 2. The molecule has 0 spiro atoms. The lowest BCUT2D eigenvalue weighted by Gasteiger charge is -2.14. The fourth-order valence-electron chi connectivity index (χ4n) is 2.13. The molecule has 0 aliphatic rings. The Kier molecular flexibility index (Phi) is 4.75. The number of aromatic nitrogens is 1. The zero-order valence-electron chi connectivity index (χ0n) is 11.7. The van der Waals surface area contributed by atoms with Crippen LogP contribution in [-0.2, 0) is 16.0 Å². The highest BCUT2D eigenvalue weighted by Crippen LogP contribution is 2.23. The molecule has 2 amide bonds. The van der Waals surface area contributed by atoms with Crippen molar-refractivity contribution in [2.75, 3.05) is 13.6 Å². The molecule has 0 fully saturated rings. The largest absolute Gasteiger partial charge is 0.361 e. The van der Waals surface area contributed by atoms with Crippen molar-refractivity contribution >= 4 is 41.0 Å². The summed E-state index contributed by atoms with van der Waals surface area (Å²) in [5.74, 6) is -0.520. The van der Waals surface area contributed by atoms with Crippen molar-refractivity contribution in [3.8, 4) is 0 Å². The summed E-state index contributed by atoms with van der Waals surface area (Å²) in [7, 11) is 1.58. The lowest BCUT2D eigenvalue weighted by molar-refractivity contribution is -0.133. The lowest BCUT2D eigenvalue weighted by Crippen LogP contribution is -2.31. The number of carbonyl (C=O) groups is 2. The van der Waals surface area contributed by atoms with Gasteiger partial charge in [-0.15, -0.1) is 0 Å². The Bertz CT molecular complexity index is 693. The van der Waals surface area contributed by atoms with Crippen LogP contribution in [0.1, 0.15) is 12.0 Å². The number of H-pyrrole nitrogens is 1. The normalized spacial score (nSPS) is 10.6. The zero-order chi connectivity index (χ0) is 15.4. The summed E-state index contributed by atoms with van der Waals surface area (Å²) in [5, 5.41) is 1.68. The number of rotatable bonds is 5. The summed E-state index contributed by atoms with van der Waals surface area (Å²) in [5.41, 5.74) is 2.02. The molecule has 0 radical (unpaired) electrons. The molecule has 0 saturated heterocycles. The second-order valence-electron chi connectivity index (χ2n) is 4.81. The van der Waals surface area contributed by atoms with E-state index in [9.17, 15) is 9.59 Å². The standard InChI is InChI=1S/C15H16ClN3O2/c1-17-14(20)9-19(2)15(21)6-3-10-8-18-13-5-4-11(16)7-12(10)13/h4-5,7-8,18H,1,3,6,9H2,2H3. The summed E-state index contributed by atoms with van der Waals surface area (Å²) < 4.78 is 0. The van der Waals surface area contributed by atoms with Crippen LogP contribution in [0.2, 0.25) is 5.02 Å². The fourth-order valence-corrected chi connectivity index (χ4v) is 2.30. The van der Waals surface area contributed by atoms with Gasteiger partial charge in [0.05, 0.1) is 0 Å². The molecule has 110 valence electrons. The number of halogens is 1. The minimum atomic E-state index is -0.412. The fraction of sp³-hybridized carbons (Fsp3) is 0.267. The first kappa shape index (κ1) is 15.3. The predicted octanol–water partition coefficient (Wildman–Crippen LogP) is 2.44. The molecule has 0 saturated carbocycles. The monoisotopic (exact) mass is 305 g/mol. The molecule has 0 atom stereocenters. The number of amides is 2. The average Bonchev–Trinajstić information content (AvgIpc) is 2.86. The highest BCUT2D eigenvalue weighted by molar-refractivity contribution is 6.31. The van der Waals surface area contributed by atoms with Gasteiger partial charge in [0.15, 0.2) is 0 Å². The Labute approximate surface area is 127 Å². The molecule has 5 nitrogen and oxygen atoms in total. The van der Waals surface area contributed by atoms with Crippen LogP contribution in [0, 0.1) is 0 Å². The minimum Gasteiger partial charge on any atom is -0.361 e. The number of nitrogens with one attached hydrogen (secondary N) is 1. The number of benzene rings is 1. The molecular formula is C15H16ClN3O2. The molecule has 2 rings (SSSR count). The molecule has 1 heterocycles. The van der Waals surface area contributed by atoms with E-state index in [0.29, 0.717) is 17.9 Å². The van der Waals surface area contributed by atoms with E-state index in [1.165, 1.54) is 4.90 Å². The van der Waals surface area contributed by atoms with Crippen molar-refractivity contribution in [3.63, 3.8) is 0 Å². The highest BCUT2D eigenvalue weighted by atomic mass is 35.5. The first-order chi connectivity index (χ1) is 10.0. The quantitative estimate of drug-likeness (QED) is 0.862. The maximum absolute atomic E-state index is 12.0. The molecule has 0 unspecified atom stereocenters. The number of aliphatic imine (C=N–C) groups is 1. The molecule has 1 aromatic heterocycles. The van der Waals surface area contributed by atoms with Crippen LogP contribution in [0.15, 0.2) is 29.4 Å². The molecule has 0 aliphatic carbocycles. The number of aromatic amines is 1. The van der Waals surface area contributed by atoms with Gasteiger partial charge in [-0.1, -0.05) is 11.6 Å². The molecular weight excluding hydrogens is 290 g/mol. The third-order valence-corrected chi connectivity index (χ3v) is 3.55. The van der Waals surface area contributed by atoms with Crippen LogP contribution in [0.5, 0.6) is 0 Å². The van der Waals surface area contributed by atoms with Crippen molar-refractivity contribution in [3.05, 3.63) is 35.0 Å². The van der Waals surface area contributed by atoms with Crippen molar-refractivity contribution in [1.29, 1.82) is 0 Å². The van der Waals surface area contributed by atoms with Crippen LogP contribution >= 0.6 is 11.6 Å². The van der Waals surface area contributed by atoms with Crippen LogP contribution in [0.3, 0.4) is 0 Å². The SMILES string of the molecule is C=NC(=O)CN(C)C(=O)CCc1c[nH]c2ccc(Cl)cc12. The Balaban J connectivity index is 2.01. The van der Waals surface area contributed by atoms with Gasteiger partial charge in [0.1, 0.15) is 6.54 Å². The van der Waals surface area contributed by atoms with Crippen LogP contribution in [0.25, 0.3) is 10.9 Å². The summed E-state index contributed by atoms with van der Waals surface area (Å²) in [6, 6.07) is 5.60. The average molecular weight is 306 g/mol. The number of hydrogen-bond donors (Lipinski definition) is 1. The van der Waals surface area contributed by atoms with Gasteiger partial charge >= 0.3 is 0 Å². The smallest absolute Gasteiger partial charge is 0.264 e. The van der Waals surface area contributed by atoms with Crippen LogP contribution < -0.4 is 0 Å². The summed E-state index contributed by atoms with van der Waals surface area (Å²) in [4.78, 5) is 30.9. The van der Waals surface area contributed by atoms with Gasteiger partial charge in [-0.25, -0.2) is 4.99 Å². The number of likely N-dealkylation sites (N-methyl/N-ethyl adjacent to an activating group) is 1. The minimum absolute atomic E-state index is 0.0396. The summed E-state index contributed by atoms with van der Waals surface area (Å²) in [6.07, 6.45) is 2.78. The van der Waals surface area contributed by atoms with E-state index in [1.54, 1.807) is 7.05 Å². The number of hydrogen-bond acceptors (Lipinski definition) is 2. The van der Waals surface area contributed by atoms with Crippen LogP contribution in [0.4, 0.5) is 0 Å². The molecule has 0 aliphatic heterocycles. The van der Waals surface area contributed by atoms with Gasteiger partial charge in [-0.3, -0.25) is 9.59 Å². The highest BCUT2D eigenvalue weighted by Gasteiger charge is 2.13. The topological polar surface area (TPSA) is 65.5 Å². The van der Waals surface area contributed by atoms with E-state index in [-0.39, 0.29) is 12.5 Å². The molecule has 21 heavy (non-hydrogen) atoms. The van der Waals surface area contributed by atoms with Gasteiger partial charge < -0.3 is 9.88 Å². The van der Waals surface area contributed by atoms with Crippen molar-refractivity contribution in [2.24, 2.45) is 4.99 Å². The van der Waals surface area contributed by atoms with E-state index in [1.807, 2.05) is 24.4 Å². The maximum atomic E-state index is 12.0. The Morgan fingerprint density at radius 1 is 1.43 bits per heavy atom. The third kappa shape index (κ3) is 3.70. The van der Waals surface area contributed by atoms with E-state index in [4.69, 9.17) is 11.6 Å². The van der Waals surface area contributed by atoms with Crippen molar-refractivity contribution < 1.29 is 9.59 Å². The molecule has 0 bridgehead atoms. The first-order valence-corrected chi connectivity index (χ1v) is 6.88. The molecule has 6 heteroatoms. The summed E-state index contributed by atoms with van der Waals surface area (Å²) >= 11 is 5.99. The zero-order valence-corrected chi connectivity index (χ0v) is 12.5. The Morgan fingerprint density at radius 2 is 2.19 bits per heavy atom. The number of aryl methyl sites for hydroxylation is 1. The van der Waals surface area contributed by atoms with Crippen LogP contribution in [-0.4, -0.2) is 42.0 Å². The van der Waals surface area contributed by atoms with Gasteiger partial charge in [-0.05, 0) is 36.9 Å². The predicted molar refractivity (Wildman–Crippen MR) is 83.8 cm³/mol. The van der Waals surface area contributed by atoms with Gasteiger partial charge in [0.2, 0.25) is 5.91 Å². The lowest BCUT2D eigenvalue weighted by atomic mass is 10.1. The van der Waals surface area contributed by atoms with Gasteiger partial charge in [-0.2, -0.15) is 0 Å². The third-order valence-electron chi connectivity index (χ3n) is 3.31. The van der Waals surface area contributed by atoms with E-state index >= 15 is 0 Å². The number of nitrogens with zero attached hydrogens (tertiary/aromatic N) is 2. The summed E-state index contributed by atoms with van der Waals surface area (Å²) in [6.45, 7) is 3.11. The Hall–Kier alpha value is -2.14. The van der Waals surface area contributed by atoms with E-state index in [0.717, 1.165) is 16.5 Å². The Morgan fingerprint density at radius 3 is 2.90 bits per heavy atom.